The summed E-state index contributed by atoms with van der Waals surface area (Å²) >= 11 is 3.38. The number of aryl methyl sites for hydroxylation is 1. The zero-order valence-corrected chi connectivity index (χ0v) is 12.3. The van der Waals surface area contributed by atoms with Crippen molar-refractivity contribution in [2.75, 3.05) is 7.05 Å². The Hall–Kier alpha value is -1.26. The van der Waals surface area contributed by atoms with Gasteiger partial charge in [-0.2, -0.15) is 0 Å². The Morgan fingerprint density at radius 3 is 2.47 bits per heavy atom. The number of hydrogen-bond donors (Lipinski definition) is 1. The van der Waals surface area contributed by atoms with Crippen LogP contribution in [0.4, 0.5) is 8.78 Å². The van der Waals surface area contributed by atoms with Crippen molar-refractivity contribution in [2.24, 2.45) is 0 Å². The molecule has 2 aromatic rings. The second-order valence-electron chi connectivity index (χ2n) is 4.41. The Bertz CT molecular complexity index is 547. The molecule has 0 aromatic heterocycles. The van der Waals surface area contributed by atoms with Crippen LogP contribution in [0.3, 0.4) is 0 Å². The summed E-state index contributed by atoms with van der Waals surface area (Å²) in [7, 11) is 1.73. The van der Waals surface area contributed by atoms with E-state index in [1.165, 1.54) is 18.2 Å². The summed E-state index contributed by atoms with van der Waals surface area (Å²) in [5.74, 6) is -0.646. The number of halogens is 3. The number of benzene rings is 2. The molecule has 1 atom stereocenters. The molecule has 0 aliphatic rings. The molecule has 0 saturated heterocycles. The van der Waals surface area contributed by atoms with Crippen molar-refractivity contribution in [3.8, 4) is 0 Å². The lowest BCUT2D eigenvalue weighted by atomic mass is 9.97. The summed E-state index contributed by atoms with van der Waals surface area (Å²) in [4.78, 5) is 0. The van der Waals surface area contributed by atoms with Crippen LogP contribution in [-0.2, 0) is 0 Å². The molecule has 1 N–H and O–H groups in total. The van der Waals surface area contributed by atoms with Gasteiger partial charge in [-0.25, -0.2) is 8.78 Å². The first-order chi connectivity index (χ1) is 9.02. The molecule has 4 heteroatoms. The smallest absolute Gasteiger partial charge is 0.128 e. The predicted molar refractivity (Wildman–Crippen MR) is 76.1 cm³/mol. The van der Waals surface area contributed by atoms with Crippen molar-refractivity contribution >= 4 is 15.9 Å². The molecule has 0 aliphatic heterocycles. The van der Waals surface area contributed by atoms with Crippen molar-refractivity contribution in [3.05, 3.63) is 69.2 Å². The number of nitrogens with one attached hydrogen (secondary N) is 1. The van der Waals surface area contributed by atoms with Crippen LogP contribution >= 0.6 is 15.9 Å². The molecule has 2 rings (SSSR count). The molecule has 0 saturated carbocycles. The van der Waals surface area contributed by atoms with Gasteiger partial charge in [0.15, 0.2) is 0 Å². The maximum Gasteiger partial charge on any atom is 0.128 e. The van der Waals surface area contributed by atoms with Crippen LogP contribution in [0.5, 0.6) is 0 Å². The molecule has 0 amide bonds. The van der Waals surface area contributed by atoms with E-state index in [0.717, 1.165) is 10.0 Å². The van der Waals surface area contributed by atoms with E-state index in [4.69, 9.17) is 0 Å². The van der Waals surface area contributed by atoms with E-state index >= 15 is 0 Å². The molecular formula is C15H14BrF2N. The van der Waals surface area contributed by atoms with Crippen LogP contribution in [0, 0.1) is 18.6 Å². The van der Waals surface area contributed by atoms with Crippen LogP contribution in [-0.4, -0.2) is 7.05 Å². The van der Waals surface area contributed by atoms with Gasteiger partial charge in [0.05, 0.1) is 6.04 Å². The molecule has 1 nitrogen and oxygen atoms in total. The molecule has 0 fully saturated rings. The highest BCUT2D eigenvalue weighted by atomic mass is 79.9. The van der Waals surface area contributed by atoms with Crippen LogP contribution in [0.2, 0.25) is 0 Å². The maximum absolute atomic E-state index is 14.0. The van der Waals surface area contributed by atoms with Crippen LogP contribution in [0.15, 0.2) is 40.9 Å². The standard InChI is InChI=1S/C15H14BrF2N/c1-9-3-6-14(18)12(7-9)15(19-2)11-8-10(17)4-5-13(11)16/h3-8,15,19H,1-2H3. The summed E-state index contributed by atoms with van der Waals surface area (Å²) in [6.07, 6.45) is 0. The van der Waals surface area contributed by atoms with Crippen LogP contribution in [0.1, 0.15) is 22.7 Å². The van der Waals surface area contributed by atoms with Gasteiger partial charge in [0.1, 0.15) is 11.6 Å². The van der Waals surface area contributed by atoms with Crippen molar-refractivity contribution in [1.82, 2.24) is 5.32 Å². The fourth-order valence-electron chi connectivity index (χ4n) is 2.10. The number of rotatable bonds is 3. The Morgan fingerprint density at radius 2 is 1.79 bits per heavy atom. The van der Waals surface area contributed by atoms with Gasteiger partial charge in [-0.1, -0.05) is 33.6 Å². The normalized spacial score (nSPS) is 12.5. The summed E-state index contributed by atoms with van der Waals surface area (Å²) in [6, 6.07) is 8.93. The second kappa shape index (κ2) is 5.80. The summed E-state index contributed by atoms with van der Waals surface area (Å²) in [6.45, 7) is 1.90. The van der Waals surface area contributed by atoms with Gasteiger partial charge in [0.25, 0.3) is 0 Å². The minimum Gasteiger partial charge on any atom is -0.309 e. The Morgan fingerprint density at radius 1 is 1.05 bits per heavy atom. The van der Waals surface area contributed by atoms with Gasteiger partial charge in [-0.3, -0.25) is 0 Å². The fourth-order valence-corrected chi connectivity index (χ4v) is 2.57. The third-order valence-corrected chi connectivity index (χ3v) is 3.74. The molecule has 100 valence electrons. The van der Waals surface area contributed by atoms with Gasteiger partial charge in [-0.15, -0.1) is 0 Å². The highest BCUT2D eigenvalue weighted by Gasteiger charge is 2.19. The average Bonchev–Trinajstić information content (AvgIpc) is 2.38. The average molecular weight is 326 g/mol. The molecule has 0 radical (unpaired) electrons. The topological polar surface area (TPSA) is 12.0 Å². The summed E-state index contributed by atoms with van der Waals surface area (Å²) < 4.78 is 28.1. The highest BCUT2D eigenvalue weighted by Crippen LogP contribution is 2.30. The van der Waals surface area contributed by atoms with E-state index in [9.17, 15) is 8.78 Å². The molecule has 2 aromatic carbocycles. The first kappa shape index (κ1) is 14.2. The van der Waals surface area contributed by atoms with Crippen LogP contribution in [0.25, 0.3) is 0 Å². The molecule has 0 heterocycles. The Kier molecular flexibility index (Phi) is 4.32. The lowest BCUT2D eigenvalue weighted by Gasteiger charge is -2.20. The summed E-state index contributed by atoms with van der Waals surface area (Å²) in [5.41, 5.74) is 2.14. The molecular weight excluding hydrogens is 312 g/mol. The minimum absolute atomic E-state index is 0.305. The molecule has 0 aliphatic carbocycles. The quantitative estimate of drug-likeness (QED) is 0.884. The van der Waals surface area contributed by atoms with Crippen LogP contribution < -0.4 is 5.32 Å². The third-order valence-electron chi connectivity index (χ3n) is 3.02. The fraction of sp³-hybridized carbons (Fsp3) is 0.200. The van der Waals surface area contributed by atoms with E-state index in [1.54, 1.807) is 25.2 Å². The first-order valence-corrected chi connectivity index (χ1v) is 6.70. The monoisotopic (exact) mass is 325 g/mol. The van der Waals surface area contributed by atoms with Gasteiger partial charge >= 0.3 is 0 Å². The van der Waals surface area contributed by atoms with Gasteiger partial charge in [0.2, 0.25) is 0 Å². The minimum atomic E-state index is -0.398. The largest absolute Gasteiger partial charge is 0.309 e. The second-order valence-corrected chi connectivity index (χ2v) is 5.27. The van der Waals surface area contributed by atoms with E-state index in [-0.39, 0.29) is 11.6 Å². The molecule has 1 unspecified atom stereocenters. The predicted octanol–water partition coefficient (Wildman–Crippen LogP) is 4.34. The number of hydrogen-bond acceptors (Lipinski definition) is 1. The zero-order valence-electron chi connectivity index (χ0n) is 10.7. The van der Waals surface area contributed by atoms with Gasteiger partial charge < -0.3 is 5.32 Å². The molecule has 0 spiro atoms. The Labute approximate surface area is 119 Å². The third kappa shape index (κ3) is 3.01. The van der Waals surface area contributed by atoms with Gasteiger partial charge in [-0.05, 0) is 43.8 Å². The SMILES string of the molecule is CNC(c1cc(C)ccc1F)c1cc(F)ccc1Br. The van der Waals surface area contributed by atoms with E-state index in [1.807, 2.05) is 6.92 Å². The first-order valence-electron chi connectivity index (χ1n) is 5.91. The van der Waals surface area contributed by atoms with Crippen molar-refractivity contribution in [2.45, 2.75) is 13.0 Å². The lowest BCUT2D eigenvalue weighted by Crippen LogP contribution is -2.19. The van der Waals surface area contributed by atoms with E-state index in [0.29, 0.717) is 11.1 Å². The Balaban J connectivity index is 2.55. The van der Waals surface area contributed by atoms with Crippen molar-refractivity contribution < 1.29 is 8.78 Å². The van der Waals surface area contributed by atoms with E-state index in [2.05, 4.69) is 21.2 Å². The molecule has 19 heavy (non-hydrogen) atoms. The van der Waals surface area contributed by atoms with Crippen molar-refractivity contribution in [1.29, 1.82) is 0 Å². The zero-order chi connectivity index (χ0) is 14.0. The lowest BCUT2D eigenvalue weighted by molar-refractivity contribution is 0.570. The molecule has 0 bridgehead atoms. The maximum atomic E-state index is 14.0. The highest BCUT2D eigenvalue weighted by molar-refractivity contribution is 9.10. The van der Waals surface area contributed by atoms with Gasteiger partial charge in [0, 0.05) is 10.0 Å². The summed E-state index contributed by atoms with van der Waals surface area (Å²) in [5, 5.41) is 3.03. The van der Waals surface area contributed by atoms with E-state index < -0.39 is 6.04 Å². The van der Waals surface area contributed by atoms with Crippen molar-refractivity contribution in [3.63, 3.8) is 0 Å².